The summed E-state index contributed by atoms with van der Waals surface area (Å²) in [6, 6.07) is 0. The van der Waals surface area contributed by atoms with Crippen molar-refractivity contribution in [1.29, 1.82) is 0 Å². The molecule has 3 N–H and O–H groups in total. The maximum atomic E-state index is 10.2. The lowest BCUT2D eigenvalue weighted by molar-refractivity contribution is -0.167. The Kier molecular flexibility index (Phi) is 5.44. The van der Waals surface area contributed by atoms with Gasteiger partial charge >= 0.3 is 0 Å². The second kappa shape index (κ2) is 6.51. The van der Waals surface area contributed by atoms with Crippen LogP contribution in [0.25, 0.3) is 0 Å². The minimum atomic E-state index is -1.22. The van der Waals surface area contributed by atoms with Gasteiger partial charge in [-0.25, -0.2) is 0 Å². The van der Waals surface area contributed by atoms with Crippen LogP contribution in [0.3, 0.4) is 0 Å². The van der Waals surface area contributed by atoms with Crippen molar-refractivity contribution in [2.45, 2.75) is 55.1 Å². The molecular formula is C12H22O5S2. The van der Waals surface area contributed by atoms with Gasteiger partial charge in [0.25, 0.3) is 0 Å². The van der Waals surface area contributed by atoms with Gasteiger partial charge in [0.05, 0.1) is 11.2 Å². The zero-order chi connectivity index (χ0) is 14.0. The second-order valence-corrected chi connectivity index (χ2v) is 8.10. The third kappa shape index (κ3) is 4.00. The Morgan fingerprint density at radius 2 is 1.74 bits per heavy atom. The van der Waals surface area contributed by atoms with E-state index >= 15 is 0 Å². The number of hydrogen-bond donors (Lipinski definition) is 3. The molecule has 0 aromatic heterocycles. The smallest absolute Gasteiger partial charge is 0.163 e. The molecule has 7 heteroatoms. The summed E-state index contributed by atoms with van der Waals surface area (Å²) < 4.78 is 10.8. The molecule has 0 spiro atoms. The minimum Gasteiger partial charge on any atom is -0.388 e. The Morgan fingerprint density at radius 3 is 2.26 bits per heavy atom. The highest BCUT2D eigenvalue weighted by Crippen LogP contribution is 2.35. The largest absolute Gasteiger partial charge is 0.388 e. The molecule has 0 amide bonds. The van der Waals surface area contributed by atoms with Crippen molar-refractivity contribution in [2.24, 2.45) is 0 Å². The van der Waals surface area contributed by atoms with Crippen molar-refractivity contribution in [3.8, 4) is 0 Å². The number of aliphatic hydroxyl groups is 3. The van der Waals surface area contributed by atoms with E-state index in [2.05, 4.69) is 0 Å². The molecule has 5 nitrogen and oxygen atoms in total. The molecule has 2 heterocycles. The maximum Gasteiger partial charge on any atom is 0.163 e. The average Bonchev–Trinajstić information content (AvgIpc) is 2.77. The maximum absolute atomic E-state index is 10.2. The summed E-state index contributed by atoms with van der Waals surface area (Å²) in [5.41, 5.74) is 0. The summed E-state index contributed by atoms with van der Waals surface area (Å²) in [7, 11) is 0. The van der Waals surface area contributed by atoms with Crippen molar-refractivity contribution < 1.29 is 24.8 Å². The molecule has 0 aromatic rings. The molecule has 19 heavy (non-hydrogen) atoms. The molecule has 0 aliphatic carbocycles. The number of rotatable bonds is 4. The van der Waals surface area contributed by atoms with E-state index in [1.54, 1.807) is 37.4 Å². The van der Waals surface area contributed by atoms with Crippen molar-refractivity contribution in [3.63, 3.8) is 0 Å². The van der Waals surface area contributed by atoms with Crippen molar-refractivity contribution >= 4 is 23.5 Å². The molecule has 2 fully saturated rings. The zero-order valence-electron chi connectivity index (χ0n) is 11.2. The standard InChI is InChI=1S/C12H22O5S2/c1-12(2)16-6-7(17-12)8(13)9(14)10(15)11-18-4-3-5-19-11/h7-11,13-15H,3-6H2,1-2H3/t7-,8-,9+,10+/m1/s1. The Balaban J connectivity index is 1.89. The van der Waals surface area contributed by atoms with E-state index in [1.165, 1.54) is 0 Å². The van der Waals surface area contributed by atoms with Gasteiger partial charge in [0.1, 0.15) is 24.4 Å². The van der Waals surface area contributed by atoms with Gasteiger partial charge in [-0.2, -0.15) is 0 Å². The lowest BCUT2D eigenvalue weighted by atomic mass is 10.0. The molecule has 0 bridgehead atoms. The Bertz CT molecular complexity index is 296. The normalized spacial score (nSPS) is 33.0. The third-order valence-electron chi connectivity index (χ3n) is 3.24. The molecule has 0 unspecified atom stereocenters. The minimum absolute atomic E-state index is 0.0891. The predicted octanol–water partition coefficient (Wildman–Crippen LogP) is 0.417. The molecule has 112 valence electrons. The topological polar surface area (TPSA) is 79.2 Å². The van der Waals surface area contributed by atoms with Crippen LogP contribution < -0.4 is 0 Å². The molecular weight excluding hydrogens is 288 g/mol. The molecule has 2 rings (SSSR count). The van der Waals surface area contributed by atoms with Crippen LogP contribution in [0.5, 0.6) is 0 Å². The lowest BCUT2D eigenvalue weighted by Crippen LogP contribution is -2.49. The van der Waals surface area contributed by atoms with Crippen LogP contribution >= 0.6 is 23.5 Å². The number of hydrogen-bond acceptors (Lipinski definition) is 7. The summed E-state index contributed by atoms with van der Waals surface area (Å²) in [5, 5.41) is 30.4. The zero-order valence-corrected chi connectivity index (χ0v) is 12.8. The van der Waals surface area contributed by atoms with E-state index in [0.717, 1.165) is 17.9 Å². The van der Waals surface area contributed by atoms with Crippen LogP contribution in [-0.4, -0.2) is 68.2 Å². The van der Waals surface area contributed by atoms with Gasteiger partial charge in [-0.15, -0.1) is 23.5 Å². The number of thioether (sulfide) groups is 2. The van der Waals surface area contributed by atoms with E-state index in [0.29, 0.717) is 0 Å². The highest BCUT2D eigenvalue weighted by molar-refractivity contribution is 8.17. The molecule has 0 radical (unpaired) electrons. The van der Waals surface area contributed by atoms with Gasteiger partial charge in [0.15, 0.2) is 5.79 Å². The highest BCUT2D eigenvalue weighted by atomic mass is 32.2. The van der Waals surface area contributed by atoms with Gasteiger partial charge in [-0.3, -0.25) is 0 Å². The van der Waals surface area contributed by atoms with Gasteiger partial charge in [-0.1, -0.05) is 0 Å². The van der Waals surface area contributed by atoms with E-state index in [1.807, 2.05) is 0 Å². The van der Waals surface area contributed by atoms with Crippen LogP contribution in [0, 0.1) is 0 Å². The van der Waals surface area contributed by atoms with Crippen LogP contribution in [0.1, 0.15) is 20.3 Å². The summed E-state index contributed by atoms with van der Waals surface area (Å²) in [6.07, 6.45) is -2.80. The molecule has 2 aliphatic rings. The van der Waals surface area contributed by atoms with E-state index in [-0.39, 0.29) is 11.2 Å². The van der Waals surface area contributed by atoms with Crippen molar-refractivity contribution in [3.05, 3.63) is 0 Å². The SMILES string of the molecule is CC1(C)OC[C@H]([C@@H](O)[C@H](O)[C@H](O)C2SCCCS2)O1. The lowest BCUT2D eigenvalue weighted by Gasteiger charge is -2.32. The van der Waals surface area contributed by atoms with Crippen LogP contribution in [0.15, 0.2) is 0 Å². The fourth-order valence-corrected chi connectivity index (χ4v) is 5.12. The molecule has 2 aliphatic heterocycles. The predicted molar refractivity (Wildman–Crippen MR) is 76.2 cm³/mol. The first-order valence-electron chi connectivity index (χ1n) is 6.50. The molecule has 4 atom stereocenters. The third-order valence-corrected chi connectivity index (χ3v) is 6.32. The fourth-order valence-electron chi connectivity index (χ4n) is 2.17. The summed E-state index contributed by atoms with van der Waals surface area (Å²) in [4.78, 5) is 0. The van der Waals surface area contributed by atoms with Crippen molar-refractivity contribution in [1.82, 2.24) is 0 Å². The van der Waals surface area contributed by atoms with Crippen molar-refractivity contribution in [2.75, 3.05) is 18.1 Å². The molecule has 0 saturated carbocycles. The quantitative estimate of drug-likeness (QED) is 0.694. The van der Waals surface area contributed by atoms with Crippen LogP contribution in [-0.2, 0) is 9.47 Å². The van der Waals surface area contributed by atoms with Crippen LogP contribution in [0.2, 0.25) is 0 Å². The monoisotopic (exact) mass is 310 g/mol. The van der Waals surface area contributed by atoms with Crippen LogP contribution in [0.4, 0.5) is 0 Å². The molecule has 0 aromatic carbocycles. The number of aliphatic hydroxyl groups excluding tert-OH is 3. The first kappa shape index (κ1) is 15.9. The van der Waals surface area contributed by atoms with Gasteiger partial charge < -0.3 is 24.8 Å². The molecule has 2 saturated heterocycles. The highest BCUT2D eigenvalue weighted by Gasteiger charge is 2.43. The first-order valence-corrected chi connectivity index (χ1v) is 8.60. The summed E-state index contributed by atoms with van der Waals surface area (Å²) in [6.45, 7) is 3.74. The van der Waals surface area contributed by atoms with E-state index < -0.39 is 30.2 Å². The fraction of sp³-hybridized carbons (Fsp3) is 1.00. The van der Waals surface area contributed by atoms with Gasteiger partial charge in [0, 0.05) is 0 Å². The Morgan fingerprint density at radius 1 is 1.11 bits per heavy atom. The Labute approximate surface area is 122 Å². The first-order chi connectivity index (χ1) is 8.91. The Hall–Kier alpha value is 0.500. The number of ether oxygens (including phenoxy) is 2. The van der Waals surface area contributed by atoms with Gasteiger partial charge in [0.2, 0.25) is 0 Å². The van der Waals surface area contributed by atoms with Gasteiger partial charge in [-0.05, 0) is 31.8 Å². The second-order valence-electron chi connectivity index (χ2n) is 5.30. The summed E-state index contributed by atoms with van der Waals surface area (Å²) >= 11 is 3.26. The van der Waals surface area contributed by atoms with E-state index in [4.69, 9.17) is 9.47 Å². The van der Waals surface area contributed by atoms with E-state index in [9.17, 15) is 15.3 Å². The average molecular weight is 310 g/mol. The summed E-state index contributed by atoms with van der Waals surface area (Å²) in [5.74, 6) is 1.21.